The minimum absolute atomic E-state index is 0.530. The van der Waals surface area contributed by atoms with Crippen LogP contribution in [0.25, 0.3) is 11.4 Å². The van der Waals surface area contributed by atoms with Crippen molar-refractivity contribution in [3.05, 3.63) is 30.6 Å². The van der Waals surface area contributed by atoms with Gasteiger partial charge in [0.1, 0.15) is 6.33 Å². The van der Waals surface area contributed by atoms with Crippen LogP contribution >= 0.6 is 0 Å². The van der Waals surface area contributed by atoms with Crippen LogP contribution in [0.2, 0.25) is 0 Å². The van der Waals surface area contributed by atoms with Crippen LogP contribution in [-0.2, 0) is 7.05 Å². The zero-order chi connectivity index (χ0) is 13.2. The second kappa shape index (κ2) is 5.03. The molecule has 0 aliphatic heterocycles. The molecule has 2 aromatic rings. The average molecular weight is 256 g/mol. The van der Waals surface area contributed by atoms with Gasteiger partial charge in [0.15, 0.2) is 5.82 Å². The van der Waals surface area contributed by atoms with Gasteiger partial charge in [0.05, 0.1) is 0 Å². The first-order valence-corrected chi connectivity index (χ1v) is 6.93. The maximum atomic E-state index is 4.15. The number of nitrogens with one attached hydrogen (secondary N) is 1. The number of hydrogen-bond donors (Lipinski definition) is 1. The molecule has 1 saturated carbocycles. The average Bonchev–Trinajstić information content (AvgIpc) is 3.08. The van der Waals surface area contributed by atoms with Crippen molar-refractivity contribution in [2.45, 2.75) is 32.2 Å². The van der Waals surface area contributed by atoms with Gasteiger partial charge in [0.25, 0.3) is 0 Å². The van der Waals surface area contributed by atoms with E-state index in [4.69, 9.17) is 0 Å². The van der Waals surface area contributed by atoms with Crippen LogP contribution in [0.3, 0.4) is 0 Å². The summed E-state index contributed by atoms with van der Waals surface area (Å²) in [5.74, 6) is 1.85. The molecule has 0 bridgehead atoms. The van der Waals surface area contributed by atoms with Crippen LogP contribution in [0.15, 0.2) is 30.6 Å². The first-order chi connectivity index (χ1) is 9.22. The van der Waals surface area contributed by atoms with Gasteiger partial charge in [0.2, 0.25) is 0 Å². The molecule has 1 aromatic heterocycles. The third kappa shape index (κ3) is 2.95. The Bertz CT molecular complexity index is 557. The molecular formula is C15H20N4. The second-order valence-electron chi connectivity index (χ2n) is 5.57. The number of aromatic nitrogens is 3. The lowest BCUT2D eigenvalue weighted by atomic mass is 10.1. The van der Waals surface area contributed by atoms with Gasteiger partial charge in [-0.05, 0) is 31.4 Å². The van der Waals surface area contributed by atoms with Gasteiger partial charge in [-0.2, -0.15) is 0 Å². The Hall–Kier alpha value is -1.84. The van der Waals surface area contributed by atoms with Gasteiger partial charge in [-0.15, -0.1) is 10.2 Å². The summed E-state index contributed by atoms with van der Waals surface area (Å²) in [5, 5.41) is 11.7. The summed E-state index contributed by atoms with van der Waals surface area (Å²) in [5.41, 5.74) is 2.26. The van der Waals surface area contributed by atoms with Gasteiger partial charge in [-0.1, -0.05) is 25.0 Å². The summed E-state index contributed by atoms with van der Waals surface area (Å²) in [6.07, 6.45) is 5.81. The standard InChI is InChI=1S/C15H20N4/c1-11(8-12-6-7-12)17-14-5-3-4-13(9-14)15-18-16-10-19(15)2/h3-5,9-12,17H,6-8H2,1-2H3. The maximum Gasteiger partial charge on any atom is 0.163 e. The molecule has 0 radical (unpaired) electrons. The Labute approximate surface area is 113 Å². The van der Waals surface area contributed by atoms with Crippen molar-refractivity contribution < 1.29 is 0 Å². The molecule has 0 saturated heterocycles. The lowest BCUT2D eigenvalue weighted by molar-refractivity contribution is 0.642. The van der Waals surface area contributed by atoms with E-state index in [1.807, 2.05) is 11.6 Å². The van der Waals surface area contributed by atoms with E-state index in [1.165, 1.54) is 19.3 Å². The van der Waals surface area contributed by atoms with E-state index >= 15 is 0 Å². The van der Waals surface area contributed by atoms with E-state index in [2.05, 4.69) is 46.7 Å². The number of nitrogens with zero attached hydrogens (tertiary/aromatic N) is 3. The Morgan fingerprint density at radius 1 is 1.42 bits per heavy atom. The van der Waals surface area contributed by atoms with Crippen LogP contribution < -0.4 is 5.32 Å². The normalized spacial score (nSPS) is 16.3. The van der Waals surface area contributed by atoms with Crippen molar-refractivity contribution in [1.29, 1.82) is 0 Å². The van der Waals surface area contributed by atoms with Crippen molar-refractivity contribution >= 4 is 5.69 Å². The second-order valence-corrected chi connectivity index (χ2v) is 5.57. The third-order valence-electron chi connectivity index (χ3n) is 3.63. The lowest BCUT2D eigenvalue weighted by Gasteiger charge is -2.15. The van der Waals surface area contributed by atoms with Crippen LogP contribution in [-0.4, -0.2) is 20.8 Å². The van der Waals surface area contributed by atoms with Crippen molar-refractivity contribution in [3.63, 3.8) is 0 Å². The van der Waals surface area contributed by atoms with Crippen molar-refractivity contribution in [2.75, 3.05) is 5.32 Å². The topological polar surface area (TPSA) is 42.7 Å². The van der Waals surface area contributed by atoms with E-state index in [0.717, 1.165) is 23.0 Å². The van der Waals surface area contributed by atoms with Gasteiger partial charge in [-0.25, -0.2) is 0 Å². The Kier molecular flexibility index (Phi) is 3.23. The van der Waals surface area contributed by atoms with Gasteiger partial charge in [-0.3, -0.25) is 0 Å². The largest absolute Gasteiger partial charge is 0.383 e. The number of hydrogen-bond acceptors (Lipinski definition) is 3. The van der Waals surface area contributed by atoms with E-state index in [9.17, 15) is 0 Å². The van der Waals surface area contributed by atoms with Crippen LogP contribution in [0.5, 0.6) is 0 Å². The molecule has 0 amide bonds. The Morgan fingerprint density at radius 2 is 2.26 bits per heavy atom. The predicted octanol–water partition coefficient (Wildman–Crippen LogP) is 3.08. The Balaban J connectivity index is 1.74. The lowest BCUT2D eigenvalue weighted by Crippen LogP contribution is -2.15. The van der Waals surface area contributed by atoms with E-state index in [0.29, 0.717) is 6.04 Å². The molecule has 1 unspecified atom stereocenters. The fourth-order valence-electron chi connectivity index (χ4n) is 2.49. The van der Waals surface area contributed by atoms with Gasteiger partial charge >= 0.3 is 0 Å². The van der Waals surface area contributed by atoms with Crippen molar-refractivity contribution in [2.24, 2.45) is 13.0 Å². The highest BCUT2D eigenvalue weighted by Crippen LogP contribution is 2.34. The first-order valence-electron chi connectivity index (χ1n) is 6.93. The zero-order valence-electron chi connectivity index (χ0n) is 11.5. The molecule has 1 fully saturated rings. The van der Waals surface area contributed by atoms with Crippen LogP contribution in [0.1, 0.15) is 26.2 Å². The van der Waals surface area contributed by atoms with Gasteiger partial charge in [0, 0.05) is 24.3 Å². The Morgan fingerprint density at radius 3 is 2.95 bits per heavy atom. The summed E-state index contributed by atoms with van der Waals surface area (Å²) < 4.78 is 1.94. The number of benzene rings is 1. The van der Waals surface area contributed by atoms with Crippen molar-refractivity contribution in [1.82, 2.24) is 14.8 Å². The summed E-state index contributed by atoms with van der Waals surface area (Å²) >= 11 is 0. The fourth-order valence-corrected chi connectivity index (χ4v) is 2.49. The molecule has 100 valence electrons. The molecule has 1 heterocycles. The van der Waals surface area contributed by atoms with Crippen LogP contribution in [0, 0.1) is 5.92 Å². The molecule has 1 aliphatic carbocycles. The minimum Gasteiger partial charge on any atom is -0.383 e. The third-order valence-corrected chi connectivity index (χ3v) is 3.63. The first kappa shape index (κ1) is 12.2. The SMILES string of the molecule is CC(CC1CC1)Nc1cccc(-c2nncn2C)c1. The summed E-state index contributed by atoms with van der Waals surface area (Å²) in [6, 6.07) is 8.93. The van der Waals surface area contributed by atoms with E-state index < -0.39 is 0 Å². The molecule has 4 nitrogen and oxygen atoms in total. The highest BCUT2D eigenvalue weighted by Gasteiger charge is 2.23. The molecular weight excluding hydrogens is 236 g/mol. The monoisotopic (exact) mass is 256 g/mol. The highest BCUT2D eigenvalue weighted by atomic mass is 15.2. The highest BCUT2D eigenvalue weighted by molar-refractivity contribution is 5.62. The summed E-state index contributed by atoms with van der Waals surface area (Å²) in [7, 11) is 1.96. The van der Waals surface area contributed by atoms with Crippen molar-refractivity contribution in [3.8, 4) is 11.4 Å². The predicted molar refractivity (Wildman–Crippen MR) is 76.9 cm³/mol. The van der Waals surface area contributed by atoms with E-state index in [1.54, 1.807) is 6.33 Å². The number of anilines is 1. The molecule has 1 N–H and O–H groups in total. The molecule has 3 rings (SSSR count). The molecule has 4 heteroatoms. The molecule has 19 heavy (non-hydrogen) atoms. The van der Waals surface area contributed by atoms with E-state index in [-0.39, 0.29) is 0 Å². The smallest absolute Gasteiger partial charge is 0.163 e. The maximum absolute atomic E-state index is 4.15. The molecule has 1 atom stereocenters. The quantitative estimate of drug-likeness (QED) is 0.894. The van der Waals surface area contributed by atoms with Crippen LogP contribution in [0.4, 0.5) is 5.69 Å². The fraction of sp³-hybridized carbons (Fsp3) is 0.467. The summed E-state index contributed by atoms with van der Waals surface area (Å²) in [4.78, 5) is 0. The van der Waals surface area contributed by atoms with Gasteiger partial charge < -0.3 is 9.88 Å². The molecule has 1 aromatic carbocycles. The summed E-state index contributed by atoms with van der Waals surface area (Å²) in [6.45, 7) is 2.26. The zero-order valence-corrected chi connectivity index (χ0v) is 11.5. The molecule has 1 aliphatic rings. The molecule has 0 spiro atoms. The minimum atomic E-state index is 0.530. The number of rotatable bonds is 5. The number of aryl methyl sites for hydroxylation is 1.